The summed E-state index contributed by atoms with van der Waals surface area (Å²) in [7, 11) is 1.65. The first kappa shape index (κ1) is 20.3. The van der Waals surface area contributed by atoms with Gasteiger partial charge in [0, 0.05) is 25.7 Å². The van der Waals surface area contributed by atoms with Gasteiger partial charge in [0.15, 0.2) is 5.82 Å². The normalized spacial score (nSPS) is 15.8. The predicted octanol–water partition coefficient (Wildman–Crippen LogP) is 1.68. The summed E-state index contributed by atoms with van der Waals surface area (Å²) in [6.07, 6.45) is -0.0436. The topological polar surface area (TPSA) is 115 Å². The van der Waals surface area contributed by atoms with Gasteiger partial charge in [0.2, 0.25) is 5.91 Å². The number of aromatic nitrogens is 5. The van der Waals surface area contributed by atoms with Gasteiger partial charge in [-0.1, -0.05) is 6.07 Å². The lowest BCUT2D eigenvalue weighted by molar-refractivity contribution is -0.119. The highest BCUT2D eigenvalue weighted by molar-refractivity contribution is 5.90. The van der Waals surface area contributed by atoms with Gasteiger partial charge in [-0.15, -0.1) is 5.10 Å². The molecule has 0 unspecified atom stereocenters. The highest BCUT2D eigenvalue weighted by Crippen LogP contribution is 2.32. The molecule has 1 aliphatic heterocycles. The third-order valence-corrected chi connectivity index (χ3v) is 4.69. The molecule has 1 atom stereocenters. The molecule has 10 nitrogen and oxygen atoms in total. The zero-order valence-electron chi connectivity index (χ0n) is 16.5. The molecule has 160 valence electrons. The highest BCUT2D eigenvalue weighted by atomic mass is 19.1. The fourth-order valence-electron chi connectivity index (χ4n) is 3.21. The number of pyridine rings is 1. The van der Waals surface area contributed by atoms with Crippen LogP contribution in [-0.2, 0) is 16.6 Å². The monoisotopic (exact) mass is 429 g/mol. The summed E-state index contributed by atoms with van der Waals surface area (Å²) < 4.78 is 36.2. The molecule has 0 aliphatic carbocycles. The number of hydrogen-bond donors (Lipinski definition) is 1. The molecule has 2 aromatic heterocycles. The van der Waals surface area contributed by atoms with E-state index < -0.39 is 23.8 Å². The molecule has 31 heavy (non-hydrogen) atoms. The van der Waals surface area contributed by atoms with E-state index in [0.717, 1.165) is 17.0 Å². The Morgan fingerprint density at radius 2 is 2.03 bits per heavy atom. The highest BCUT2D eigenvalue weighted by Gasteiger charge is 2.33. The van der Waals surface area contributed by atoms with Crippen LogP contribution >= 0.6 is 0 Å². The number of ether oxygens (including phenoxy) is 1. The minimum Gasteiger partial charge on any atom is -0.442 e. The molecule has 1 aromatic carbocycles. The average molecular weight is 429 g/mol. The van der Waals surface area contributed by atoms with Crippen LogP contribution in [0.4, 0.5) is 19.3 Å². The maximum absolute atomic E-state index is 14.8. The zero-order valence-corrected chi connectivity index (χ0v) is 16.5. The molecule has 1 saturated heterocycles. The van der Waals surface area contributed by atoms with Gasteiger partial charge in [-0.25, -0.2) is 18.3 Å². The quantitative estimate of drug-likeness (QED) is 0.656. The third kappa shape index (κ3) is 4.04. The number of anilines is 1. The number of carbonyl (C=O) groups is 2. The van der Waals surface area contributed by atoms with Crippen LogP contribution in [0.25, 0.3) is 22.6 Å². The second-order valence-electron chi connectivity index (χ2n) is 6.90. The predicted molar refractivity (Wildman–Crippen MR) is 104 cm³/mol. The van der Waals surface area contributed by atoms with E-state index in [2.05, 4.69) is 25.8 Å². The second-order valence-corrected chi connectivity index (χ2v) is 6.90. The van der Waals surface area contributed by atoms with Crippen LogP contribution in [0.15, 0.2) is 30.5 Å². The number of hydrogen-bond acceptors (Lipinski definition) is 7. The lowest BCUT2D eigenvalue weighted by atomic mass is 10.0. The first-order chi connectivity index (χ1) is 14.8. The van der Waals surface area contributed by atoms with Crippen LogP contribution < -0.4 is 10.2 Å². The summed E-state index contributed by atoms with van der Waals surface area (Å²) in [4.78, 5) is 28.4. The van der Waals surface area contributed by atoms with Crippen molar-refractivity contribution in [2.24, 2.45) is 7.05 Å². The van der Waals surface area contributed by atoms with Crippen molar-refractivity contribution in [2.75, 3.05) is 18.0 Å². The van der Waals surface area contributed by atoms with Crippen molar-refractivity contribution in [3.05, 3.63) is 42.1 Å². The van der Waals surface area contributed by atoms with Crippen LogP contribution in [0, 0.1) is 11.6 Å². The Bertz CT molecular complexity index is 1130. The number of aryl methyl sites for hydroxylation is 1. The summed E-state index contributed by atoms with van der Waals surface area (Å²) in [5, 5.41) is 13.6. The van der Waals surface area contributed by atoms with Gasteiger partial charge in [0.25, 0.3) is 0 Å². The van der Waals surface area contributed by atoms with E-state index in [1.807, 2.05) is 0 Å². The first-order valence-corrected chi connectivity index (χ1v) is 9.24. The van der Waals surface area contributed by atoms with Crippen molar-refractivity contribution in [3.8, 4) is 22.6 Å². The van der Waals surface area contributed by atoms with Crippen molar-refractivity contribution >= 4 is 17.7 Å². The number of benzene rings is 1. The second kappa shape index (κ2) is 8.05. The zero-order chi connectivity index (χ0) is 22.1. The fraction of sp³-hybridized carbons (Fsp3) is 0.263. The lowest BCUT2D eigenvalue weighted by Crippen LogP contribution is -2.33. The maximum Gasteiger partial charge on any atom is 0.414 e. The van der Waals surface area contributed by atoms with E-state index in [0.29, 0.717) is 11.5 Å². The Morgan fingerprint density at radius 3 is 2.61 bits per heavy atom. The molecule has 0 radical (unpaired) electrons. The summed E-state index contributed by atoms with van der Waals surface area (Å²) in [5.41, 5.74) is 0.400. The lowest BCUT2D eigenvalue weighted by Gasteiger charge is -2.15. The van der Waals surface area contributed by atoms with E-state index in [1.54, 1.807) is 13.1 Å². The van der Waals surface area contributed by atoms with Gasteiger partial charge in [0.05, 0.1) is 24.3 Å². The third-order valence-electron chi connectivity index (χ3n) is 4.69. The molecule has 3 heterocycles. The molecule has 1 N–H and O–H groups in total. The minimum atomic E-state index is -0.858. The van der Waals surface area contributed by atoms with Gasteiger partial charge in [-0.2, -0.15) is 0 Å². The van der Waals surface area contributed by atoms with Crippen molar-refractivity contribution in [1.82, 2.24) is 30.5 Å². The van der Waals surface area contributed by atoms with E-state index >= 15 is 0 Å². The number of amides is 2. The van der Waals surface area contributed by atoms with Crippen molar-refractivity contribution < 1.29 is 23.1 Å². The Hall–Kier alpha value is -3.96. The van der Waals surface area contributed by atoms with Crippen LogP contribution in [0.3, 0.4) is 0 Å². The smallest absolute Gasteiger partial charge is 0.414 e. The Balaban J connectivity index is 1.57. The van der Waals surface area contributed by atoms with Crippen molar-refractivity contribution in [3.63, 3.8) is 0 Å². The number of tetrazole rings is 1. The summed E-state index contributed by atoms with van der Waals surface area (Å²) >= 11 is 0. The molecule has 4 rings (SSSR count). The molecule has 12 heteroatoms. The molecule has 1 aliphatic rings. The van der Waals surface area contributed by atoms with Gasteiger partial charge in [0.1, 0.15) is 23.4 Å². The van der Waals surface area contributed by atoms with Crippen LogP contribution in [0.5, 0.6) is 0 Å². The van der Waals surface area contributed by atoms with Crippen LogP contribution in [0.1, 0.15) is 6.92 Å². The van der Waals surface area contributed by atoms with Crippen LogP contribution in [0.2, 0.25) is 0 Å². The van der Waals surface area contributed by atoms with Gasteiger partial charge >= 0.3 is 6.09 Å². The first-order valence-electron chi connectivity index (χ1n) is 9.24. The van der Waals surface area contributed by atoms with Crippen molar-refractivity contribution in [1.29, 1.82) is 0 Å². The molecule has 3 aromatic rings. The van der Waals surface area contributed by atoms with Crippen LogP contribution in [-0.4, -0.2) is 56.4 Å². The standard InChI is InChI=1S/C19H17F2N7O3/c1-10(29)22-8-13-9-28(19(30)31-13)12-5-14(20)17(15(21)6-12)11-3-4-16(23-7-11)18-24-25-26-27(18)2/h3-7,13H,8-9H2,1-2H3,(H,22,29)/t13-/m0/s1. The largest absolute Gasteiger partial charge is 0.442 e. The summed E-state index contributed by atoms with van der Waals surface area (Å²) in [6.45, 7) is 1.50. The van der Waals surface area contributed by atoms with E-state index in [4.69, 9.17) is 4.74 Å². The minimum absolute atomic E-state index is 0.0174. The number of carbonyl (C=O) groups excluding carboxylic acids is 2. The summed E-state index contributed by atoms with van der Waals surface area (Å²) in [5.74, 6) is -1.58. The number of cyclic esters (lactones) is 1. The molecule has 0 bridgehead atoms. The average Bonchev–Trinajstić information content (AvgIpc) is 3.31. The van der Waals surface area contributed by atoms with Crippen molar-refractivity contribution in [2.45, 2.75) is 13.0 Å². The molecule has 2 amide bonds. The van der Waals surface area contributed by atoms with Gasteiger partial charge < -0.3 is 10.1 Å². The number of halogens is 2. The number of rotatable bonds is 5. The molecular weight excluding hydrogens is 412 g/mol. The molecule has 0 spiro atoms. The van der Waals surface area contributed by atoms with Gasteiger partial charge in [-0.3, -0.25) is 14.7 Å². The molecule has 0 saturated carbocycles. The van der Waals surface area contributed by atoms with Gasteiger partial charge in [-0.05, 0) is 28.6 Å². The van der Waals surface area contributed by atoms with E-state index in [-0.39, 0.29) is 35.8 Å². The van der Waals surface area contributed by atoms with E-state index in [9.17, 15) is 18.4 Å². The molecule has 1 fully saturated rings. The molecular formula is C19H17F2N7O3. The summed E-state index contributed by atoms with van der Waals surface area (Å²) in [6, 6.07) is 5.17. The Kier molecular flexibility index (Phi) is 5.28. The Labute approximate surface area is 174 Å². The number of nitrogens with zero attached hydrogens (tertiary/aromatic N) is 6. The SMILES string of the molecule is CC(=O)NC[C@H]1CN(c2cc(F)c(-c3ccc(-c4nnnn4C)nc3)c(F)c2)C(=O)O1. The fourth-order valence-corrected chi connectivity index (χ4v) is 3.21. The van der Waals surface area contributed by atoms with E-state index in [1.165, 1.54) is 23.9 Å². The Morgan fingerprint density at radius 1 is 1.29 bits per heavy atom. The number of nitrogens with one attached hydrogen (secondary N) is 1. The maximum atomic E-state index is 14.8.